The van der Waals surface area contributed by atoms with E-state index in [1.807, 2.05) is 0 Å². The Bertz CT molecular complexity index is 384. The van der Waals surface area contributed by atoms with Crippen LogP contribution in [0.3, 0.4) is 0 Å². The van der Waals surface area contributed by atoms with Gasteiger partial charge in [0.25, 0.3) is 0 Å². The third-order valence-corrected chi connectivity index (χ3v) is 5.18. The molecular formula is C10H19NO5S. The minimum Gasteiger partial charge on any atom is -0.481 e. The molecule has 6 nitrogen and oxygen atoms in total. The smallest absolute Gasteiger partial charge is 0.306 e. The van der Waals surface area contributed by atoms with Crippen LogP contribution in [-0.4, -0.2) is 54.3 Å². The van der Waals surface area contributed by atoms with Crippen LogP contribution in [0, 0.1) is 0 Å². The van der Waals surface area contributed by atoms with Gasteiger partial charge in [0.1, 0.15) is 0 Å². The molecule has 0 amide bonds. The highest BCUT2D eigenvalue weighted by Crippen LogP contribution is 2.23. The van der Waals surface area contributed by atoms with E-state index in [0.717, 1.165) is 0 Å². The van der Waals surface area contributed by atoms with Gasteiger partial charge in [-0.05, 0) is 20.8 Å². The van der Waals surface area contributed by atoms with Crippen LogP contribution in [-0.2, 0) is 19.6 Å². The van der Waals surface area contributed by atoms with Crippen LogP contribution in [0.5, 0.6) is 0 Å². The molecule has 1 N–H and O–H groups in total. The molecule has 1 fully saturated rings. The number of aliphatic carboxylic acids is 1. The second kappa shape index (κ2) is 4.91. The summed E-state index contributed by atoms with van der Waals surface area (Å²) in [6.45, 7) is 5.53. The van der Waals surface area contributed by atoms with Gasteiger partial charge in [0.15, 0.2) is 0 Å². The number of ether oxygens (including phenoxy) is 1. The molecule has 0 aromatic rings. The van der Waals surface area contributed by atoms with E-state index in [1.165, 1.54) is 4.31 Å². The normalized spacial score (nSPS) is 23.6. The summed E-state index contributed by atoms with van der Waals surface area (Å²) in [6, 6.07) is 0. The first-order valence-electron chi connectivity index (χ1n) is 5.47. The van der Waals surface area contributed by atoms with Gasteiger partial charge in [-0.1, -0.05) is 0 Å². The molecule has 1 aliphatic rings. The Hall–Kier alpha value is -0.660. The van der Waals surface area contributed by atoms with E-state index in [-0.39, 0.29) is 26.1 Å². The van der Waals surface area contributed by atoms with Crippen molar-refractivity contribution >= 4 is 16.0 Å². The Morgan fingerprint density at radius 3 is 2.53 bits per heavy atom. The van der Waals surface area contributed by atoms with Crippen LogP contribution in [0.1, 0.15) is 27.2 Å². The lowest BCUT2D eigenvalue weighted by atomic mass is 10.2. The SMILES string of the molecule is CC(C)(C)S(=O)(=O)N1CCOC(CC(=O)O)C1. The van der Waals surface area contributed by atoms with Crippen molar-refractivity contribution in [3.8, 4) is 0 Å². The number of carbonyl (C=O) groups is 1. The first-order chi connectivity index (χ1) is 7.64. The van der Waals surface area contributed by atoms with Gasteiger partial charge >= 0.3 is 5.97 Å². The zero-order valence-electron chi connectivity index (χ0n) is 10.3. The van der Waals surface area contributed by atoms with E-state index in [9.17, 15) is 13.2 Å². The summed E-state index contributed by atoms with van der Waals surface area (Å²) in [5, 5.41) is 8.67. The number of morpholine rings is 1. The van der Waals surface area contributed by atoms with E-state index in [2.05, 4.69) is 0 Å². The number of carboxylic acids is 1. The van der Waals surface area contributed by atoms with Gasteiger partial charge in [0.2, 0.25) is 10.0 Å². The van der Waals surface area contributed by atoms with Crippen LogP contribution < -0.4 is 0 Å². The summed E-state index contributed by atoms with van der Waals surface area (Å²) < 4.78 is 30.0. The quantitative estimate of drug-likeness (QED) is 0.793. The molecule has 1 saturated heterocycles. The molecule has 1 aliphatic heterocycles. The molecule has 7 heteroatoms. The van der Waals surface area contributed by atoms with Crippen molar-refractivity contribution < 1.29 is 23.1 Å². The molecule has 0 spiro atoms. The van der Waals surface area contributed by atoms with Crippen molar-refractivity contribution in [3.63, 3.8) is 0 Å². The standard InChI is InChI=1S/C10H19NO5S/c1-10(2,3)17(14,15)11-4-5-16-8(7-11)6-9(12)13/h8H,4-7H2,1-3H3,(H,12,13). The van der Waals surface area contributed by atoms with E-state index in [0.29, 0.717) is 0 Å². The number of rotatable bonds is 3. The number of carboxylic acid groups (broad SMARTS) is 1. The van der Waals surface area contributed by atoms with Gasteiger partial charge in [-0.3, -0.25) is 4.79 Å². The van der Waals surface area contributed by atoms with Crippen LogP contribution >= 0.6 is 0 Å². The Kier molecular flexibility index (Phi) is 4.16. The Morgan fingerprint density at radius 1 is 1.47 bits per heavy atom. The first kappa shape index (κ1) is 14.4. The van der Waals surface area contributed by atoms with Gasteiger partial charge in [-0.15, -0.1) is 0 Å². The highest BCUT2D eigenvalue weighted by Gasteiger charge is 2.38. The summed E-state index contributed by atoms with van der Waals surface area (Å²) in [5.41, 5.74) is 0. The molecular weight excluding hydrogens is 246 g/mol. The molecule has 0 radical (unpaired) electrons. The lowest BCUT2D eigenvalue weighted by Gasteiger charge is -2.35. The van der Waals surface area contributed by atoms with Gasteiger partial charge in [0, 0.05) is 13.1 Å². The van der Waals surface area contributed by atoms with E-state index < -0.39 is 26.8 Å². The molecule has 0 aliphatic carbocycles. The molecule has 0 bridgehead atoms. The number of hydrogen-bond donors (Lipinski definition) is 1. The van der Waals surface area contributed by atoms with Crippen LogP contribution in [0.15, 0.2) is 0 Å². The lowest BCUT2D eigenvalue weighted by molar-refractivity contribution is -0.141. The third kappa shape index (κ3) is 3.40. The topological polar surface area (TPSA) is 83.9 Å². The summed E-state index contributed by atoms with van der Waals surface area (Å²) in [5.74, 6) is -0.981. The third-order valence-electron chi connectivity index (χ3n) is 2.62. The largest absolute Gasteiger partial charge is 0.481 e. The molecule has 1 heterocycles. The van der Waals surface area contributed by atoms with E-state index in [4.69, 9.17) is 9.84 Å². The zero-order chi connectivity index (χ0) is 13.3. The second-order valence-corrected chi connectivity index (χ2v) is 7.76. The number of hydrogen-bond acceptors (Lipinski definition) is 4. The van der Waals surface area contributed by atoms with Crippen molar-refractivity contribution in [2.45, 2.75) is 38.0 Å². The van der Waals surface area contributed by atoms with Gasteiger partial charge < -0.3 is 9.84 Å². The minimum atomic E-state index is -3.41. The summed E-state index contributed by atoms with van der Waals surface area (Å²) >= 11 is 0. The van der Waals surface area contributed by atoms with Crippen LogP contribution in [0.4, 0.5) is 0 Å². The van der Waals surface area contributed by atoms with Crippen molar-refractivity contribution in [1.29, 1.82) is 0 Å². The van der Waals surface area contributed by atoms with E-state index in [1.54, 1.807) is 20.8 Å². The van der Waals surface area contributed by atoms with Crippen molar-refractivity contribution in [1.82, 2.24) is 4.31 Å². The molecule has 1 unspecified atom stereocenters. The van der Waals surface area contributed by atoms with Gasteiger partial charge in [-0.2, -0.15) is 4.31 Å². The Labute approximate surface area is 102 Å². The summed E-state index contributed by atoms with van der Waals surface area (Å²) in [6.07, 6.45) is -0.728. The van der Waals surface area contributed by atoms with E-state index >= 15 is 0 Å². The monoisotopic (exact) mass is 265 g/mol. The first-order valence-corrected chi connectivity index (χ1v) is 6.91. The fourth-order valence-corrected chi connectivity index (χ4v) is 3.07. The molecule has 1 rings (SSSR count). The molecule has 100 valence electrons. The van der Waals surface area contributed by atoms with Crippen LogP contribution in [0.2, 0.25) is 0 Å². The average Bonchev–Trinajstić information content (AvgIpc) is 2.15. The molecule has 0 saturated carbocycles. The Morgan fingerprint density at radius 2 is 2.06 bits per heavy atom. The summed E-state index contributed by atoms with van der Waals surface area (Å²) in [4.78, 5) is 10.6. The number of nitrogens with zero attached hydrogens (tertiary/aromatic N) is 1. The highest BCUT2D eigenvalue weighted by atomic mass is 32.2. The summed E-state index contributed by atoms with van der Waals surface area (Å²) in [7, 11) is -3.41. The second-order valence-electron chi connectivity index (χ2n) is 5.07. The minimum absolute atomic E-state index is 0.117. The Balaban J connectivity index is 2.77. The molecule has 0 aromatic heterocycles. The predicted molar refractivity (Wildman–Crippen MR) is 62.2 cm³/mol. The maximum atomic E-state index is 12.2. The molecule has 0 aromatic carbocycles. The lowest BCUT2D eigenvalue weighted by Crippen LogP contribution is -2.51. The van der Waals surface area contributed by atoms with Crippen molar-refractivity contribution in [2.24, 2.45) is 0 Å². The molecule has 1 atom stereocenters. The maximum Gasteiger partial charge on any atom is 0.306 e. The highest BCUT2D eigenvalue weighted by molar-refractivity contribution is 7.90. The van der Waals surface area contributed by atoms with Crippen molar-refractivity contribution in [3.05, 3.63) is 0 Å². The van der Waals surface area contributed by atoms with Gasteiger partial charge in [-0.25, -0.2) is 8.42 Å². The predicted octanol–water partition coefficient (Wildman–Crippen LogP) is 0.290. The fraction of sp³-hybridized carbons (Fsp3) is 0.900. The van der Waals surface area contributed by atoms with Crippen molar-refractivity contribution in [2.75, 3.05) is 19.7 Å². The fourth-order valence-electron chi connectivity index (χ4n) is 1.62. The average molecular weight is 265 g/mol. The number of sulfonamides is 1. The van der Waals surface area contributed by atoms with Gasteiger partial charge in [0.05, 0.1) is 23.9 Å². The maximum absolute atomic E-state index is 12.2. The molecule has 17 heavy (non-hydrogen) atoms. The zero-order valence-corrected chi connectivity index (χ0v) is 11.2. The van der Waals surface area contributed by atoms with Crippen LogP contribution in [0.25, 0.3) is 0 Å².